The molecule has 3 rings (SSSR count). The van der Waals surface area contributed by atoms with Crippen LogP contribution in [0, 0.1) is 0 Å². The van der Waals surface area contributed by atoms with Crippen molar-refractivity contribution in [3.8, 4) is 5.75 Å². The lowest BCUT2D eigenvalue weighted by Gasteiger charge is -2.13. The molecule has 0 saturated heterocycles. The summed E-state index contributed by atoms with van der Waals surface area (Å²) in [7, 11) is 1.77. The van der Waals surface area contributed by atoms with E-state index in [4.69, 9.17) is 4.74 Å². The van der Waals surface area contributed by atoms with E-state index in [1.165, 1.54) is 5.56 Å². The fraction of sp³-hybridized carbons (Fsp3) is 0.391. The summed E-state index contributed by atoms with van der Waals surface area (Å²) in [6, 6.07) is 18.6. The Morgan fingerprint density at radius 1 is 1.07 bits per heavy atom. The maximum atomic E-state index is 11.7. The predicted octanol–water partition coefficient (Wildman–Crippen LogP) is 2.64. The van der Waals surface area contributed by atoms with Crippen LogP contribution in [0.4, 0.5) is 0 Å². The highest BCUT2D eigenvalue weighted by atomic mass is 16.5. The van der Waals surface area contributed by atoms with E-state index in [0.717, 1.165) is 43.8 Å². The molecule has 0 aromatic heterocycles. The van der Waals surface area contributed by atoms with Crippen molar-refractivity contribution in [2.75, 3.05) is 20.2 Å². The smallest absolute Gasteiger partial charge is 0.258 e. The molecule has 0 atom stereocenters. The van der Waals surface area contributed by atoms with Crippen LogP contribution in [-0.2, 0) is 17.8 Å². The van der Waals surface area contributed by atoms with E-state index in [9.17, 15) is 4.79 Å². The van der Waals surface area contributed by atoms with Crippen molar-refractivity contribution >= 4 is 11.9 Å². The van der Waals surface area contributed by atoms with Crippen LogP contribution in [0.25, 0.3) is 0 Å². The summed E-state index contributed by atoms with van der Waals surface area (Å²) in [6.07, 6.45) is 4.23. The van der Waals surface area contributed by atoms with Crippen LogP contribution in [0.5, 0.6) is 5.75 Å². The van der Waals surface area contributed by atoms with E-state index in [0.29, 0.717) is 18.3 Å². The maximum Gasteiger partial charge on any atom is 0.258 e. The van der Waals surface area contributed by atoms with Gasteiger partial charge in [0, 0.05) is 26.2 Å². The highest BCUT2D eigenvalue weighted by molar-refractivity contribution is 5.79. The van der Waals surface area contributed by atoms with Crippen LogP contribution < -0.4 is 20.7 Å². The van der Waals surface area contributed by atoms with Gasteiger partial charge in [0.15, 0.2) is 12.6 Å². The van der Waals surface area contributed by atoms with Crippen LogP contribution in [0.15, 0.2) is 59.6 Å². The summed E-state index contributed by atoms with van der Waals surface area (Å²) >= 11 is 0. The fourth-order valence-electron chi connectivity index (χ4n) is 2.94. The van der Waals surface area contributed by atoms with E-state index < -0.39 is 0 Å². The van der Waals surface area contributed by atoms with Gasteiger partial charge in [-0.3, -0.25) is 9.79 Å². The molecule has 2 aromatic carbocycles. The first-order chi connectivity index (χ1) is 14.2. The number of nitrogens with one attached hydrogen (secondary N) is 3. The summed E-state index contributed by atoms with van der Waals surface area (Å²) < 4.78 is 5.61. The monoisotopic (exact) mass is 394 g/mol. The van der Waals surface area contributed by atoms with Crippen molar-refractivity contribution in [2.24, 2.45) is 4.99 Å². The molecule has 6 nitrogen and oxygen atoms in total. The zero-order valence-electron chi connectivity index (χ0n) is 17.0. The third kappa shape index (κ3) is 7.86. The van der Waals surface area contributed by atoms with Gasteiger partial charge in [0.05, 0.1) is 0 Å². The number of aryl methyl sites for hydroxylation is 1. The number of aliphatic imine (C=N–C) groups is 1. The zero-order valence-corrected chi connectivity index (χ0v) is 17.0. The molecule has 3 N–H and O–H groups in total. The Balaban J connectivity index is 1.36. The van der Waals surface area contributed by atoms with Crippen LogP contribution >= 0.6 is 0 Å². The topological polar surface area (TPSA) is 74.8 Å². The molecule has 1 fully saturated rings. The molecule has 0 unspecified atom stereocenters. The van der Waals surface area contributed by atoms with Crippen molar-refractivity contribution in [2.45, 2.75) is 38.3 Å². The minimum Gasteiger partial charge on any atom is -0.484 e. The first kappa shape index (κ1) is 20.7. The second kappa shape index (κ2) is 11.1. The minimum absolute atomic E-state index is 0.0536. The largest absolute Gasteiger partial charge is 0.484 e. The quantitative estimate of drug-likeness (QED) is 0.329. The number of carbonyl (C=O) groups is 1. The summed E-state index contributed by atoms with van der Waals surface area (Å²) in [6.45, 7) is 1.54. The molecule has 0 aliphatic heterocycles. The number of carbonyl (C=O) groups excluding carboxylic acids is 1. The SMILES string of the molecule is CN=C(NCCCc1ccccc1)NCc1cccc(OCC(=O)NC2CC2)c1. The van der Waals surface area contributed by atoms with Gasteiger partial charge in [0.25, 0.3) is 5.91 Å². The Kier molecular flexibility index (Phi) is 7.92. The molecule has 154 valence electrons. The van der Waals surface area contributed by atoms with Crippen molar-refractivity contribution in [1.82, 2.24) is 16.0 Å². The Bertz CT molecular complexity index is 804. The summed E-state index contributed by atoms with van der Waals surface area (Å²) in [5, 5.41) is 9.58. The van der Waals surface area contributed by atoms with Gasteiger partial charge in [0.1, 0.15) is 5.75 Å². The molecule has 0 bridgehead atoms. The van der Waals surface area contributed by atoms with Gasteiger partial charge >= 0.3 is 0 Å². The van der Waals surface area contributed by atoms with Gasteiger partial charge in [-0.05, 0) is 48.9 Å². The lowest BCUT2D eigenvalue weighted by atomic mass is 10.1. The summed E-state index contributed by atoms with van der Waals surface area (Å²) in [5.41, 5.74) is 2.41. The maximum absolute atomic E-state index is 11.7. The number of amides is 1. The molecular formula is C23H30N4O2. The summed E-state index contributed by atoms with van der Waals surface area (Å²) in [4.78, 5) is 16.0. The Morgan fingerprint density at radius 3 is 2.62 bits per heavy atom. The van der Waals surface area contributed by atoms with E-state index >= 15 is 0 Å². The third-order valence-electron chi connectivity index (χ3n) is 4.67. The molecule has 1 aliphatic carbocycles. The van der Waals surface area contributed by atoms with Crippen LogP contribution in [0.2, 0.25) is 0 Å². The first-order valence-electron chi connectivity index (χ1n) is 10.2. The van der Waals surface area contributed by atoms with Gasteiger partial charge in [0.2, 0.25) is 0 Å². The Morgan fingerprint density at radius 2 is 1.86 bits per heavy atom. The average molecular weight is 395 g/mol. The average Bonchev–Trinajstić information content (AvgIpc) is 3.57. The Labute approximate surface area is 172 Å². The molecule has 0 radical (unpaired) electrons. The number of ether oxygens (including phenoxy) is 1. The standard InChI is InChI=1S/C23H30N4O2/c1-24-23(25-14-6-10-18-7-3-2-4-8-18)26-16-19-9-5-11-21(15-19)29-17-22(28)27-20-12-13-20/h2-5,7-9,11,15,20H,6,10,12-14,16-17H2,1H3,(H,27,28)(H2,24,25,26). The second-order valence-corrected chi connectivity index (χ2v) is 7.22. The number of hydrogen-bond acceptors (Lipinski definition) is 3. The molecule has 1 aliphatic rings. The predicted molar refractivity (Wildman–Crippen MR) is 116 cm³/mol. The molecule has 6 heteroatoms. The van der Waals surface area contributed by atoms with Crippen LogP contribution in [-0.4, -0.2) is 38.1 Å². The third-order valence-corrected chi connectivity index (χ3v) is 4.67. The Hall–Kier alpha value is -3.02. The molecule has 2 aromatic rings. The van der Waals surface area contributed by atoms with Gasteiger partial charge in [-0.15, -0.1) is 0 Å². The number of hydrogen-bond donors (Lipinski definition) is 3. The molecule has 0 spiro atoms. The minimum atomic E-state index is -0.0591. The summed E-state index contributed by atoms with van der Waals surface area (Å²) in [5.74, 6) is 1.41. The highest BCUT2D eigenvalue weighted by Gasteiger charge is 2.23. The van der Waals surface area contributed by atoms with E-state index in [1.807, 2.05) is 30.3 Å². The van der Waals surface area contributed by atoms with Gasteiger partial charge < -0.3 is 20.7 Å². The number of benzene rings is 2. The van der Waals surface area contributed by atoms with Gasteiger partial charge in [-0.25, -0.2) is 0 Å². The normalized spacial score (nSPS) is 13.6. The number of guanidine groups is 1. The van der Waals surface area contributed by atoms with Crippen molar-refractivity contribution < 1.29 is 9.53 Å². The number of rotatable bonds is 10. The molecule has 1 saturated carbocycles. The van der Waals surface area contributed by atoms with Crippen LogP contribution in [0.3, 0.4) is 0 Å². The van der Waals surface area contributed by atoms with Crippen molar-refractivity contribution in [1.29, 1.82) is 0 Å². The highest BCUT2D eigenvalue weighted by Crippen LogP contribution is 2.18. The van der Waals surface area contributed by atoms with Gasteiger partial charge in [-0.2, -0.15) is 0 Å². The van der Waals surface area contributed by atoms with Gasteiger partial charge in [-0.1, -0.05) is 42.5 Å². The fourth-order valence-corrected chi connectivity index (χ4v) is 2.94. The second-order valence-electron chi connectivity index (χ2n) is 7.22. The molecule has 0 heterocycles. The van der Waals surface area contributed by atoms with E-state index in [-0.39, 0.29) is 12.5 Å². The van der Waals surface area contributed by atoms with Crippen molar-refractivity contribution in [3.63, 3.8) is 0 Å². The molecular weight excluding hydrogens is 364 g/mol. The van der Waals surface area contributed by atoms with E-state index in [1.54, 1.807) is 7.05 Å². The lowest BCUT2D eigenvalue weighted by molar-refractivity contribution is -0.123. The van der Waals surface area contributed by atoms with Crippen molar-refractivity contribution in [3.05, 3.63) is 65.7 Å². The van der Waals surface area contributed by atoms with Crippen LogP contribution in [0.1, 0.15) is 30.4 Å². The molecule has 1 amide bonds. The van der Waals surface area contributed by atoms with E-state index in [2.05, 4.69) is 45.2 Å². The molecule has 29 heavy (non-hydrogen) atoms. The lowest BCUT2D eigenvalue weighted by Crippen LogP contribution is -2.37. The first-order valence-corrected chi connectivity index (χ1v) is 10.2. The zero-order chi connectivity index (χ0) is 20.3. The number of nitrogens with zero attached hydrogens (tertiary/aromatic N) is 1.